The first-order chi connectivity index (χ1) is 7.51. The molecule has 0 saturated heterocycles. The van der Waals surface area contributed by atoms with Crippen molar-refractivity contribution in [2.24, 2.45) is 5.41 Å². The lowest BCUT2D eigenvalue weighted by Crippen LogP contribution is -2.45. The third-order valence-corrected chi connectivity index (χ3v) is 4.15. The van der Waals surface area contributed by atoms with Crippen molar-refractivity contribution >= 4 is 0 Å². The Morgan fingerprint density at radius 2 is 2.06 bits per heavy atom. The molecule has 90 valence electrons. The smallest absolute Gasteiger partial charge is 0.111 e. The second-order valence-electron chi connectivity index (χ2n) is 5.48. The van der Waals surface area contributed by atoms with Gasteiger partial charge in [0.1, 0.15) is 5.60 Å². The van der Waals surface area contributed by atoms with Gasteiger partial charge in [0, 0.05) is 12.7 Å². The normalized spacial score (nSPS) is 29.2. The zero-order chi connectivity index (χ0) is 11.8. The van der Waals surface area contributed by atoms with Gasteiger partial charge in [-0.3, -0.25) is 4.68 Å². The van der Waals surface area contributed by atoms with E-state index in [2.05, 4.69) is 25.9 Å². The first kappa shape index (κ1) is 11.6. The zero-order valence-corrected chi connectivity index (χ0v) is 10.5. The molecule has 1 saturated carbocycles. The van der Waals surface area contributed by atoms with Crippen molar-refractivity contribution < 1.29 is 5.11 Å². The summed E-state index contributed by atoms with van der Waals surface area (Å²) in [5, 5.41) is 15.3. The van der Waals surface area contributed by atoms with Crippen molar-refractivity contribution in [3.63, 3.8) is 0 Å². The predicted molar refractivity (Wildman–Crippen MR) is 64.0 cm³/mol. The molecule has 16 heavy (non-hydrogen) atoms. The number of hydrogen-bond donors (Lipinski definition) is 1. The molecule has 2 rings (SSSR count). The van der Waals surface area contributed by atoms with E-state index < -0.39 is 5.60 Å². The summed E-state index contributed by atoms with van der Waals surface area (Å²) in [5.41, 5.74) is 0.218. The molecule has 1 atom stereocenters. The van der Waals surface area contributed by atoms with Gasteiger partial charge in [-0.25, -0.2) is 0 Å². The summed E-state index contributed by atoms with van der Waals surface area (Å²) in [6, 6.07) is 1.97. The Labute approximate surface area is 97.5 Å². The van der Waals surface area contributed by atoms with Gasteiger partial charge in [-0.2, -0.15) is 5.10 Å². The van der Waals surface area contributed by atoms with E-state index in [0.29, 0.717) is 0 Å². The van der Waals surface area contributed by atoms with Crippen LogP contribution in [0.25, 0.3) is 0 Å². The Morgan fingerprint density at radius 1 is 1.38 bits per heavy atom. The van der Waals surface area contributed by atoms with Gasteiger partial charge in [0.15, 0.2) is 0 Å². The van der Waals surface area contributed by atoms with Crippen molar-refractivity contribution in [1.82, 2.24) is 9.78 Å². The van der Waals surface area contributed by atoms with Crippen molar-refractivity contribution in [2.75, 3.05) is 0 Å². The van der Waals surface area contributed by atoms with Gasteiger partial charge in [0.25, 0.3) is 0 Å². The molecule has 1 aromatic heterocycles. The number of hydrogen-bond acceptors (Lipinski definition) is 2. The highest BCUT2D eigenvalue weighted by Crippen LogP contribution is 2.49. The van der Waals surface area contributed by atoms with Crippen LogP contribution in [0.3, 0.4) is 0 Å². The number of aliphatic hydroxyl groups is 1. The molecular formula is C13H22N2O. The van der Waals surface area contributed by atoms with E-state index in [1.807, 2.05) is 10.7 Å². The largest absolute Gasteiger partial charge is 0.383 e. The lowest BCUT2D eigenvalue weighted by atomic mass is 9.64. The third-order valence-electron chi connectivity index (χ3n) is 4.15. The summed E-state index contributed by atoms with van der Waals surface area (Å²) in [5.74, 6) is 0. The second kappa shape index (κ2) is 3.88. The quantitative estimate of drug-likeness (QED) is 0.835. The van der Waals surface area contributed by atoms with E-state index in [0.717, 1.165) is 31.5 Å². The topological polar surface area (TPSA) is 38.0 Å². The molecule has 0 aromatic carbocycles. The van der Waals surface area contributed by atoms with Gasteiger partial charge in [-0.05, 0) is 31.2 Å². The zero-order valence-electron chi connectivity index (χ0n) is 10.5. The van der Waals surface area contributed by atoms with E-state index in [1.54, 1.807) is 6.20 Å². The molecule has 3 nitrogen and oxygen atoms in total. The molecule has 3 heteroatoms. The Bertz CT molecular complexity index is 370. The van der Waals surface area contributed by atoms with Crippen LogP contribution < -0.4 is 0 Å². The lowest BCUT2D eigenvalue weighted by molar-refractivity contribution is -0.109. The SMILES string of the molecule is CCn1nccc1C1(O)CCCCC1(C)C. The van der Waals surface area contributed by atoms with Gasteiger partial charge in [-0.1, -0.05) is 26.7 Å². The van der Waals surface area contributed by atoms with Gasteiger partial charge < -0.3 is 5.11 Å². The summed E-state index contributed by atoms with van der Waals surface area (Å²) in [6.07, 6.45) is 6.05. The minimum absolute atomic E-state index is 0.0573. The van der Waals surface area contributed by atoms with Gasteiger partial charge in [0.05, 0.1) is 5.69 Å². The molecule has 0 bridgehead atoms. The summed E-state index contributed by atoms with van der Waals surface area (Å²) >= 11 is 0. The maximum Gasteiger partial charge on any atom is 0.111 e. The molecule has 1 N–H and O–H groups in total. The Hall–Kier alpha value is -0.830. The Balaban J connectivity index is 2.43. The number of aromatic nitrogens is 2. The fourth-order valence-corrected chi connectivity index (χ4v) is 2.90. The van der Waals surface area contributed by atoms with Crippen molar-refractivity contribution in [1.29, 1.82) is 0 Å². The molecule has 1 aliphatic carbocycles. The predicted octanol–water partition coefficient (Wildman–Crippen LogP) is 2.69. The summed E-state index contributed by atoms with van der Waals surface area (Å²) in [7, 11) is 0. The molecule has 1 aliphatic rings. The van der Waals surface area contributed by atoms with Crippen LogP contribution in [0, 0.1) is 5.41 Å². The van der Waals surface area contributed by atoms with Crippen molar-refractivity contribution in [2.45, 2.75) is 58.6 Å². The molecule has 0 radical (unpaired) electrons. The second-order valence-corrected chi connectivity index (χ2v) is 5.48. The van der Waals surface area contributed by atoms with E-state index in [4.69, 9.17) is 0 Å². The minimum atomic E-state index is -0.711. The Kier molecular flexibility index (Phi) is 2.82. The number of nitrogens with zero attached hydrogens (tertiary/aromatic N) is 2. The first-order valence-electron chi connectivity index (χ1n) is 6.26. The van der Waals surface area contributed by atoms with Crippen LogP contribution in [-0.2, 0) is 12.1 Å². The van der Waals surface area contributed by atoms with E-state index in [1.165, 1.54) is 6.42 Å². The standard InChI is InChI=1S/C13H22N2O/c1-4-15-11(7-10-14-15)13(16)9-6-5-8-12(13,2)3/h7,10,16H,4-6,8-9H2,1-3H3. The van der Waals surface area contributed by atoms with Crippen LogP contribution >= 0.6 is 0 Å². The molecule has 1 unspecified atom stereocenters. The highest BCUT2D eigenvalue weighted by Gasteiger charge is 2.48. The maximum absolute atomic E-state index is 11.0. The lowest BCUT2D eigenvalue weighted by Gasteiger charge is -2.46. The summed E-state index contributed by atoms with van der Waals surface area (Å²) in [6.45, 7) is 7.22. The molecule has 1 fully saturated rings. The minimum Gasteiger partial charge on any atom is -0.383 e. The average Bonchev–Trinajstić information content (AvgIpc) is 2.70. The number of aryl methyl sites for hydroxylation is 1. The summed E-state index contributed by atoms with van der Waals surface area (Å²) in [4.78, 5) is 0. The van der Waals surface area contributed by atoms with Crippen LogP contribution in [0.1, 0.15) is 52.1 Å². The molecule has 1 heterocycles. The third kappa shape index (κ3) is 1.58. The molecule has 0 aliphatic heterocycles. The monoisotopic (exact) mass is 222 g/mol. The van der Waals surface area contributed by atoms with E-state index >= 15 is 0 Å². The molecule has 1 aromatic rings. The fraction of sp³-hybridized carbons (Fsp3) is 0.769. The van der Waals surface area contributed by atoms with E-state index in [9.17, 15) is 5.11 Å². The van der Waals surface area contributed by atoms with E-state index in [-0.39, 0.29) is 5.41 Å². The average molecular weight is 222 g/mol. The van der Waals surface area contributed by atoms with Crippen LogP contribution in [-0.4, -0.2) is 14.9 Å². The fourth-order valence-electron chi connectivity index (χ4n) is 2.90. The van der Waals surface area contributed by atoms with Crippen molar-refractivity contribution in [3.05, 3.63) is 18.0 Å². The first-order valence-corrected chi connectivity index (χ1v) is 6.26. The summed E-state index contributed by atoms with van der Waals surface area (Å²) < 4.78 is 1.92. The Morgan fingerprint density at radius 3 is 2.69 bits per heavy atom. The van der Waals surface area contributed by atoms with Crippen LogP contribution in [0.15, 0.2) is 12.3 Å². The highest BCUT2D eigenvalue weighted by molar-refractivity contribution is 5.17. The van der Waals surface area contributed by atoms with Crippen LogP contribution in [0.2, 0.25) is 0 Å². The van der Waals surface area contributed by atoms with Gasteiger partial charge >= 0.3 is 0 Å². The molecular weight excluding hydrogens is 200 g/mol. The van der Waals surface area contributed by atoms with Gasteiger partial charge in [0.2, 0.25) is 0 Å². The van der Waals surface area contributed by atoms with Gasteiger partial charge in [-0.15, -0.1) is 0 Å². The highest BCUT2D eigenvalue weighted by atomic mass is 16.3. The number of rotatable bonds is 2. The van der Waals surface area contributed by atoms with Crippen LogP contribution in [0.5, 0.6) is 0 Å². The maximum atomic E-state index is 11.0. The molecule has 0 spiro atoms. The van der Waals surface area contributed by atoms with Crippen molar-refractivity contribution in [3.8, 4) is 0 Å². The molecule has 0 amide bonds. The van der Waals surface area contributed by atoms with Crippen LogP contribution in [0.4, 0.5) is 0 Å².